The molecule has 0 spiro atoms. The quantitative estimate of drug-likeness (QED) is 0.417. The number of methoxy groups -OCH3 is 2. The Morgan fingerprint density at radius 1 is 1.50 bits per heavy atom. The molecule has 0 saturated heterocycles. The summed E-state index contributed by atoms with van der Waals surface area (Å²) in [5, 5.41) is 3.41. The van der Waals surface area contributed by atoms with E-state index in [-0.39, 0.29) is 6.54 Å². The van der Waals surface area contributed by atoms with Crippen LogP contribution in [0.2, 0.25) is 0 Å². The minimum Gasteiger partial charge on any atom is -0.493 e. The van der Waals surface area contributed by atoms with Crippen molar-refractivity contribution in [1.29, 1.82) is 0 Å². The van der Waals surface area contributed by atoms with Gasteiger partial charge in [0.25, 0.3) is 0 Å². The highest BCUT2D eigenvalue weighted by molar-refractivity contribution is 5.42. The molecule has 0 aliphatic carbocycles. The molecule has 0 unspecified atom stereocenters. The van der Waals surface area contributed by atoms with Gasteiger partial charge in [-0.3, -0.25) is 4.98 Å². The van der Waals surface area contributed by atoms with Crippen LogP contribution < -0.4 is 9.47 Å². The fourth-order valence-corrected chi connectivity index (χ4v) is 1.06. The Labute approximate surface area is 81.1 Å². The second-order valence-electron chi connectivity index (χ2n) is 2.38. The van der Waals surface area contributed by atoms with E-state index in [1.807, 2.05) is 0 Å². The van der Waals surface area contributed by atoms with Crippen LogP contribution in [0.5, 0.6) is 11.5 Å². The number of nitrogens with zero attached hydrogens (tertiary/aromatic N) is 4. The lowest BCUT2D eigenvalue weighted by Crippen LogP contribution is -1.97. The smallest absolute Gasteiger partial charge is 0.182 e. The van der Waals surface area contributed by atoms with E-state index < -0.39 is 0 Å². The van der Waals surface area contributed by atoms with Gasteiger partial charge < -0.3 is 9.47 Å². The van der Waals surface area contributed by atoms with Gasteiger partial charge in [-0.05, 0) is 5.53 Å². The summed E-state index contributed by atoms with van der Waals surface area (Å²) < 4.78 is 10.2. The molecule has 0 fully saturated rings. The summed E-state index contributed by atoms with van der Waals surface area (Å²) in [5.41, 5.74) is 8.74. The number of pyridine rings is 1. The van der Waals surface area contributed by atoms with Gasteiger partial charge in [0.15, 0.2) is 11.5 Å². The van der Waals surface area contributed by atoms with Crippen molar-refractivity contribution in [2.75, 3.05) is 14.2 Å². The van der Waals surface area contributed by atoms with E-state index >= 15 is 0 Å². The van der Waals surface area contributed by atoms with Crippen LogP contribution in [0.25, 0.3) is 10.4 Å². The largest absolute Gasteiger partial charge is 0.493 e. The lowest BCUT2D eigenvalue weighted by molar-refractivity contribution is 0.349. The summed E-state index contributed by atoms with van der Waals surface area (Å²) in [7, 11) is 3.05. The fraction of sp³-hybridized carbons (Fsp3) is 0.375. The zero-order chi connectivity index (χ0) is 10.4. The van der Waals surface area contributed by atoms with Crippen molar-refractivity contribution in [3.63, 3.8) is 0 Å². The van der Waals surface area contributed by atoms with Gasteiger partial charge in [-0.25, -0.2) is 0 Å². The van der Waals surface area contributed by atoms with Crippen molar-refractivity contribution in [1.82, 2.24) is 4.98 Å². The Balaban J connectivity index is 3.07. The molecule has 1 rings (SSSR count). The van der Waals surface area contributed by atoms with E-state index in [1.165, 1.54) is 14.2 Å². The Morgan fingerprint density at radius 2 is 2.29 bits per heavy atom. The highest BCUT2D eigenvalue weighted by atomic mass is 16.5. The first-order valence-corrected chi connectivity index (χ1v) is 3.90. The van der Waals surface area contributed by atoms with E-state index in [0.29, 0.717) is 17.2 Å². The SMILES string of the molecule is COc1ccnc(CN=[N+]=[N-])c1OC. The van der Waals surface area contributed by atoms with Crippen LogP contribution in [0.4, 0.5) is 0 Å². The minimum absolute atomic E-state index is 0.150. The van der Waals surface area contributed by atoms with Gasteiger partial charge in [-0.15, -0.1) is 0 Å². The maximum absolute atomic E-state index is 8.18. The molecule has 1 aromatic rings. The van der Waals surface area contributed by atoms with Gasteiger partial charge in [0.05, 0.1) is 26.5 Å². The molecule has 0 N–H and O–H groups in total. The number of hydrogen-bond acceptors (Lipinski definition) is 4. The molecule has 14 heavy (non-hydrogen) atoms. The number of azide groups is 1. The van der Waals surface area contributed by atoms with Crippen molar-refractivity contribution in [3.8, 4) is 11.5 Å². The standard InChI is InChI=1S/C8H10N4O2/c1-13-7-3-4-10-6(5-11-12-9)8(7)14-2/h3-4H,5H2,1-2H3. The first kappa shape index (κ1) is 10.1. The molecule has 1 heterocycles. The van der Waals surface area contributed by atoms with Gasteiger partial charge in [0, 0.05) is 17.2 Å². The zero-order valence-corrected chi connectivity index (χ0v) is 7.97. The first-order valence-electron chi connectivity index (χ1n) is 3.90. The third-order valence-corrected chi connectivity index (χ3v) is 1.65. The Bertz CT molecular complexity index is 360. The van der Waals surface area contributed by atoms with Crippen LogP contribution in [0.15, 0.2) is 17.4 Å². The van der Waals surface area contributed by atoms with Crippen LogP contribution >= 0.6 is 0 Å². The fourth-order valence-electron chi connectivity index (χ4n) is 1.06. The lowest BCUT2D eigenvalue weighted by Gasteiger charge is -2.09. The van der Waals surface area contributed by atoms with Gasteiger partial charge in [0.2, 0.25) is 0 Å². The minimum atomic E-state index is 0.150. The second kappa shape index (κ2) is 4.94. The van der Waals surface area contributed by atoms with Crippen molar-refractivity contribution in [2.24, 2.45) is 5.11 Å². The predicted molar refractivity (Wildman–Crippen MR) is 50.2 cm³/mol. The Hall–Kier alpha value is -1.94. The summed E-state index contributed by atoms with van der Waals surface area (Å²) in [6.45, 7) is 0.150. The number of hydrogen-bond donors (Lipinski definition) is 0. The highest BCUT2D eigenvalue weighted by Gasteiger charge is 2.09. The molecule has 0 aromatic carbocycles. The van der Waals surface area contributed by atoms with Crippen LogP contribution in [0, 0.1) is 0 Å². The lowest BCUT2D eigenvalue weighted by atomic mass is 10.3. The number of rotatable bonds is 4. The van der Waals surface area contributed by atoms with Crippen LogP contribution in [-0.2, 0) is 6.54 Å². The predicted octanol–water partition coefficient (Wildman–Crippen LogP) is 1.91. The molecule has 0 radical (unpaired) electrons. The zero-order valence-electron chi connectivity index (χ0n) is 7.97. The molecule has 0 amide bonds. The summed E-state index contributed by atoms with van der Waals surface area (Å²) in [6.07, 6.45) is 1.57. The summed E-state index contributed by atoms with van der Waals surface area (Å²) in [4.78, 5) is 6.68. The number of aromatic nitrogens is 1. The first-order chi connectivity index (χ1) is 6.83. The molecule has 0 bridgehead atoms. The van der Waals surface area contributed by atoms with Gasteiger partial charge >= 0.3 is 0 Å². The summed E-state index contributed by atoms with van der Waals surface area (Å²) in [5.74, 6) is 1.08. The Kier molecular flexibility index (Phi) is 3.58. The second-order valence-corrected chi connectivity index (χ2v) is 2.38. The third kappa shape index (κ3) is 2.05. The average Bonchev–Trinajstić information content (AvgIpc) is 2.25. The van der Waals surface area contributed by atoms with Crippen molar-refractivity contribution in [3.05, 3.63) is 28.4 Å². The van der Waals surface area contributed by atoms with E-state index in [9.17, 15) is 0 Å². The van der Waals surface area contributed by atoms with Crippen molar-refractivity contribution >= 4 is 0 Å². The van der Waals surface area contributed by atoms with E-state index in [0.717, 1.165) is 0 Å². The highest BCUT2D eigenvalue weighted by Crippen LogP contribution is 2.29. The molecule has 74 valence electrons. The maximum atomic E-state index is 8.18. The van der Waals surface area contributed by atoms with E-state index in [2.05, 4.69) is 15.0 Å². The molecule has 1 aromatic heterocycles. The van der Waals surface area contributed by atoms with E-state index in [1.54, 1.807) is 12.3 Å². The molecule has 0 saturated carbocycles. The monoisotopic (exact) mass is 194 g/mol. The molecule has 6 heteroatoms. The normalized spacial score (nSPS) is 9.00. The summed E-state index contributed by atoms with van der Waals surface area (Å²) in [6, 6.07) is 1.68. The Morgan fingerprint density at radius 3 is 2.86 bits per heavy atom. The van der Waals surface area contributed by atoms with Gasteiger partial charge in [-0.2, -0.15) is 0 Å². The third-order valence-electron chi connectivity index (χ3n) is 1.65. The van der Waals surface area contributed by atoms with Crippen LogP contribution in [0.3, 0.4) is 0 Å². The molecular weight excluding hydrogens is 184 g/mol. The topological polar surface area (TPSA) is 80.1 Å². The van der Waals surface area contributed by atoms with Crippen LogP contribution in [0.1, 0.15) is 5.69 Å². The molecule has 0 aliphatic heterocycles. The maximum Gasteiger partial charge on any atom is 0.182 e. The molecule has 6 nitrogen and oxygen atoms in total. The molecular formula is C8H10N4O2. The number of ether oxygens (including phenoxy) is 2. The van der Waals surface area contributed by atoms with Gasteiger partial charge in [-0.1, -0.05) is 5.11 Å². The molecule has 0 atom stereocenters. The van der Waals surface area contributed by atoms with Crippen LogP contribution in [-0.4, -0.2) is 19.2 Å². The van der Waals surface area contributed by atoms with E-state index in [4.69, 9.17) is 15.0 Å². The average molecular weight is 194 g/mol. The molecule has 0 aliphatic rings. The van der Waals surface area contributed by atoms with Crippen molar-refractivity contribution in [2.45, 2.75) is 6.54 Å². The summed E-state index contributed by atoms with van der Waals surface area (Å²) >= 11 is 0. The van der Waals surface area contributed by atoms with Crippen molar-refractivity contribution < 1.29 is 9.47 Å². The van der Waals surface area contributed by atoms with Gasteiger partial charge in [0.1, 0.15) is 0 Å².